The zero-order valence-corrected chi connectivity index (χ0v) is 13.3. The quantitative estimate of drug-likeness (QED) is 0.761. The number of benzene rings is 2. The number of nitrogens with one attached hydrogen (secondary N) is 1. The van der Waals surface area contributed by atoms with Gasteiger partial charge in [0, 0.05) is 11.1 Å². The fourth-order valence-electron chi connectivity index (χ4n) is 3.14. The number of hydrogen-bond donors (Lipinski definition) is 3. The fraction of sp³-hybridized carbons (Fsp3) is 0.333. The Morgan fingerprint density at radius 1 is 1.18 bits per heavy atom. The Balaban J connectivity index is 1.76. The molecule has 1 aliphatic rings. The largest absolute Gasteiger partial charge is 0.508 e. The molecule has 0 bridgehead atoms. The molecule has 0 saturated carbocycles. The van der Waals surface area contributed by atoms with Gasteiger partial charge in [0.1, 0.15) is 11.5 Å². The molecule has 22 heavy (non-hydrogen) atoms. The van der Waals surface area contributed by atoms with Crippen molar-refractivity contribution in [1.82, 2.24) is 5.32 Å². The zero-order chi connectivity index (χ0) is 15.7. The molecule has 2 aromatic carbocycles. The summed E-state index contributed by atoms with van der Waals surface area (Å²) in [6.45, 7) is 1.75. The molecule has 3 rings (SSSR count). The van der Waals surface area contributed by atoms with Gasteiger partial charge in [-0.1, -0.05) is 29.8 Å². The Morgan fingerprint density at radius 2 is 2.00 bits per heavy atom. The fourth-order valence-corrected chi connectivity index (χ4v) is 3.33. The SMILES string of the molecule is C[C@](O)(N[C@@H]1CCc2ccc(O)cc2C1)c1cccc(Cl)c1. The number of aryl methyl sites for hydroxylation is 1. The molecule has 0 heterocycles. The summed E-state index contributed by atoms with van der Waals surface area (Å²) in [6.07, 6.45) is 2.69. The lowest BCUT2D eigenvalue weighted by molar-refractivity contribution is 0.00584. The summed E-state index contributed by atoms with van der Waals surface area (Å²) in [7, 11) is 0. The molecule has 4 heteroatoms. The van der Waals surface area contributed by atoms with Crippen molar-refractivity contribution in [3.05, 3.63) is 64.2 Å². The molecule has 0 spiro atoms. The predicted octanol–water partition coefficient (Wildman–Crippen LogP) is 3.36. The van der Waals surface area contributed by atoms with E-state index in [9.17, 15) is 10.2 Å². The van der Waals surface area contributed by atoms with Crippen molar-refractivity contribution in [1.29, 1.82) is 0 Å². The van der Waals surface area contributed by atoms with Crippen LogP contribution in [0.2, 0.25) is 5.02 Å². The van der Waals surface area contributed by atoms with E-state index < -0.39 is 5.72 Å². The molecule has 0 unspecified atom stereocenters. The minimum absolute atomic E-state index is 0.156. The van der Waals surface area contributed by atoms with E-state index >= 15 is 0 Å². The number of aliphatic hydroxyl groups is 1. The van der Waals surface area contributed by atoms with Crippen molar-refractivity contribution in [3.63, 3.8) is 0 Å². The van der Waals surface area contributed by atoms with E-state index in [1.807, 2.05) is 24.3 Å². The Morgan fingerprint density at radius 3 is 2.77 bits per heavy atom. The van der Waals surface area contributed by atoms with Crippen molar-refractivity contribution in [2.75, 3.05) is 0 Å². The first-order valence-electron chi connectivity index (χ1n) is 7.51. The molecule has 2 aromatic rings. The second-order valence-electron chi connectivity index (χ2n) is 6.12. The molecule has 0 aliphatic heterocycles. The Labute approximate surface area is 135 Å². The van der Waals surface area contributed by atoms with Crippen LogP contribution in [-0.4, -0.2) is 16.3 Å². The summed E-state index contributed by atoms with van der Waals surface area (Å²) in [5.41, 5.74) is 2.04. The van der Waals surface area contributed by atoms with Gasteiger partial charge in [-0.15, -0.1) is 0 Å². The monoisotopic (exact) mass is 317 g/mol. The van der Waals surface area contributed by atoms with Gasteiger partial charge in [0.25, 0.3) is 0 Å². The molecule has 3 nitrogen and oxygen atoms in total. The zero-order valence-electron chi connectivity index (χ0n) is 12.5. The maximum Gasteiger partial charge on any atom is 0.139 e. The minimum atomic E-state index is -1.14. The van der Waals surface area contributed by atoms with Crippen LogP contribution in [0.5, 0.6) is 5.75 Å². The van der Waals surface area contributed by atoms with E-state index in [2.05, 4.69) is 5.32 Å². The number of hydrogen-bond acceptors (Lipinski definition) is 3. The van der Waals surface area contributed by atoms with Crippen LogP contribution < -0.4 is 5.32 Å². The van der Waals surface area contributed by atoms with Crippen LogP contribution >= 0.6 is 11.6 Å². The lowest BCUT2D eigenvalue weighted by Crippen LogP contribution is -2.48. The summed E-state index contributed by atoms with van der Waals surface area (Å²) in [5, 5.41) is 24.3. The number of halogens is 1. The van der Waals surface area contributed by atoms with Crippen LogP contribution in [0.15, 0.2) is 42.5 Å². The number of fused-ring (bicyclic) bond motifs is 1. The van der Waals surface area contributed by atoms with Gasteiger partial charge in [0.15, 0.2) is 0 Å². The Kier molecular flexibility index (Phi) is 4.13. The summed E-state index contributed by atoms with van der Waals surface area (Å²) in [4.78, 5) is 0. The molecule has 0 saturated heterocycles. The highest BCUT2D eigenvalue weighted by Gasteiger charge is 2.28. The molecule has 1 aliphatic carbocycles. The number of phenols is 1. The lowest BCUT2D eigenvalue weighted by Gasteiger charge is -2.34. The summed E-state index contributed by atoms with van der Waals surface area (Å²) in [6, 6.07) is 13.0. The van der Waals surface area contributed by atoms with Crippen molar-refractivity contribution >= 4 is 11.6 Å². The van der Waals surface area contributed by atoms with E-state index in [1.165, 1.54) is 5.56 Å². The molecule has 0 aromatic heterocycles. The van der Waals surface area contributed by atoms with E-state index in [0.717, 1.165) is 30.4 Å². The van der Waals surface area contributed by atoms with Gasteiger partial charge in [-0.2, -0.15) is 0 Å². The lowest BCUT2D eigenvalue weighted by atomic mass is 9.87. The van der Waals surface area contributed by atoms with Crippen molar-refractivity contribution in [2.45, 2.75) is 38.0 Å². The highest BCUT2D eigenvalue weighted by atomic mass is 35.5. The van der Waals surface area contributed by atoms with Crippen molar-refractivity contribution in [2.24, 2.45) is 0 Å². The standard InChI is InChI=1S/C18H20ClNO2/c1-18(22,14-3-2-4-15(19)11-14)20-16-7-5-12-6-8-17(21)10-13(12)9-16/h2-4,6,8,10-11,16,20-22H,5,7,9H2,1H3/t16-,18-/m1/s1. The van der Waals surface area contributed by atoms with Gasteiger partial charge in [0.05, 0.1) is 0 Å². The third kappa shape index (κ3) is 3.27. The van der Waals surface area contributed by atoms with Crippen molar-refractivity contribution < 1.29 is 10.2 Å². The first-order chi connectivity index (χ1) is 10.4. The second kappa shape index (κ2) is 5.92. The van der Waals surface area contributed by atoms with Crippen LogP contribution in [-0.2, 0) is 18.6 Å². The highest BCUT2D eigenvalue weighted by molar-refractivity contribution is 6.30. The molecule has 0 fully saturated rings. The van der Waals surface area contributed by atoms with E-state index in [0.29, 0.717) is 10.8 Å². The number of aromatic hydroxyl groups is 1. The van der Waals surface area contributed by atoms with Gasteiger partial charge < -0.3 is 10.2 Å². The third-order valence-electron chi connectivity index (χ3n) is 4.29. The second-order valence-corrected chi connectivity index (χ2v) is 6.56. The average Bonchev–Trinajstić information content (AvgIpc) is 2.46. The molecule has 116 valence electrons. The molecule has 0 amide bonds. The summed E-state index contributed by atoms with van der Waals surface area (Å²) in [5.74, 6) is 0.293. The Hall–Kier alpha value is -1.55. The third-order valence-corrected chi connectivity index (χ3v) is 4.53. The highest BCUT2D eigenvalue weighted by Crippen LogP contribution is 2.28. The van der Waals surface area contributed by atoms with Crippen LogP contribution in [0.25, 0.3) is 0 Å². The van der Waals surface area contributed by atoms with Crippen molar-refractivity contribution in [3.8, 4) is 5.75 Å². The van der Waals surface area contributed by atoms with Crippen LogP contribution in [0.1, 0.15) is 30.0 Å². The van der Waals surface area contributed by atoms with Gasteiger partial charge >= 0.3 is 0 Å². The maximum absolute atomic E-state index is 10.7. The van der Waals surface area contributed by atoms with E-state index in [-0.39, 0.29) is 6.04 Å². The first kappa shape index (κ1) is 15.3. The normalized spacial score (nSPS) is 20.2. The number of phenolic OH excluding ortho intramolecular Hbond substituents is 1. The average molecular weight is 318 g/mol. The van der Waals surface area contributed by atoms with Gasteiger partial charge in [0.2, 0.25) is 0 Å². The van der Waals surface area contributed by atoms with Crippen LogP contribution in [0.4, 0.5) is 0 Å². The van der Waals surface area contributed by atoms with Gasteiger partial charge in [-0.05, 0) is 67.1 Å². The molecule has 2 atom stereocenters. The van der Waals surface area contributed by atoms with Gasteiger partial charge in [-0.25, -0.2) is 0 Å². The van der Waals surface area contributed by atoms with E-state index in [1.54, 1.807) is 25.1 Å². The van der Waals surface area contributed by atoms with Crippen LogP contribution in [0.3, 0.4) is 0 Å². The minimum Gasteiger partial charge on any atom is -0.508 e. The molecule has 0 radical (unpaired) electrons. The van der Waals surface area contributed by atoms with Crippen LogP contribution in [0, 0.1) is 0 Å². The molecule has 3 N–H and O–H groups in total. The Bertz CT molecular complexity index is 685. The van der Waals surface area contributed by atoms with Gasteiger partial charge in [-0.3, -0.25) is 5.32 Å². The maximum atomic E-state index is 10.7. The molecular formula is C18H20ClNO2. The summed E-state index contributed by atoms with van der Waals surface area (Å²) < 4.78 is 0. The smallest absolute Gasteiger partial charge is 0.139 e. The predicted molar refractivity (Wildman–Crippen MR) is 88.1 cm³/mol. The summed E-state index contributed by atoms with van der Waals surface area (Å²) >= 11 is 6.01. The van der Waals surface area contributed by atoms with E-state index in [4.69, 9.17) is 11.6 Å². The topological polar surface area (TPSA) is 52.5 Å². The first-order valence-corrected chi connectivity index (χ1v) is 7.89. The molecular weight excluding hydrogens is 298 g/mol. The number of rotatable bonds is 3.